The molecule has 0 saturated heterocycles. The summed E-state index contributed by atoms with van der Waals surface area (Å²) < 4.78 is 0. The van der Waals surface area contributed by atoms with Crippen molar-refractivity contribution in [3.8, 4) is 6.07 Å². The van der Waals surface area contributed by atoms with Crippen molar-refractivity contribution in [2.75, 3.05) is 18.0 Å². The van der Waals surface area contributed by atoms with Gasteiger partial charge in [-0.2, -0.15) is 5.26 Å². The number of aliphatic carboxylic acids is 1. The first-order valence-corrected chi connectivity index (χ1v) is 5.00. The number of nitriles is 1. The number of rotatable bonds is 5. The maximum Gasteiger partial charge on any atom is 0.305 e. The van der Waals surface area contributed by atoms with Gasteiger partial charge in [-0.15, -0.1) is 0 Å². The van der Waals surface area contributed by atoms with E-state index in [9.17, 15) is 4.79 Å². The monoisotopic (exact) mass is 219 g/mol. The van der Waals surface area contributed by atoms with Crippen LogP contribution in [0.5, 0.6) is 0 Å². The van der Waals surface area contributed by atoms with E-state index in [0.717, 1.165) is 0 Å². The highest BCUT2D eigenvalue weighted by atomic mass is 16.4. The second kappa shape index (κ2) is 5.71. The van der Waals surface area contributed by atoms with Crippen LogP contribution in [-0.2, 0) is 4.79 Å². The lowest BCUT2D eigenvalue weighted by molar-refractivity contribution is -0.136. The smallest absolute Gasteiger partial charge is 0.305 e. The summed E-state index contributed by atoms with van der Waals surface area (Å²) in [6, 6.07) is 5.38. The fourth-order valence-electron chi connectivity index (χ4n) is 1.30. The van der Waals surface area contributed by atoms with E-state index >= 15 is 0 Å². The van der Waals surface area contributed by atoms with E-state index in [2.05, 4.69) is 4.98 Å². The van der Waals surface area contributed by atoms with E-state index in [0.29, 0.717) is 24.5 Å². The average molecular weight is 219 g/mol. The molecule has 0 aliphatic rings. The lowest BCUT2D eigenvalue weighted by Crippen LogP contribution is -2.26. The van der Waals surface area contributed by atoms with Crippen molar-refractivity contribution in [1.82, 2.24) is 4.98 Å². The molecule has 0 amide bonds. The maximum atomic E-state index is 10.5. The van der Waals surface area contributed by atoms with Gasteiger partial charge in [0.2, 0.25) is 0 Å². The Hall–Kier alpha value is -2.09. The van der Waals surface area contributed by atoms with Crippen LogP contribution >= 0.6 is 0 Å². The average Bonchev–Trinajstić information content (AvgIpc) is 2.30. The molecule has 0 radical (unpaired) electrons. The number of pyridine rings is 1. The van der Waals surface area contributed by atoms with Gasteiger partial charge in [-0.3, -0.25) is 4.79 Å². The molecule has 1 heterocycles. The van der Waals surface area contributed by atoms with Gasteiger partial charge in [0.15, 0.2) is 0 Å². The number of aromatic nitrogens is 1. The molecule has 5 heteroatoms. The van der Waals surface area contributed by atoms with E-state index in [1.165, 1.54) is 6.20 Å². The fraction of sp³-hybridized carbons (Fsp3) is 0.364. The van der Waals surface area contributed by atoms with Crippen molar-refractivity contribution in [2.45, 2.75) is 13.3 Å². The van der Waals surface area contributed by atoms with Gasteiger partial charge in [0.1, 0.15) is 11.9 Å². The van der Waals surface area contributed by atoms with E-state index in [1.54, 1.807) is 12.1 Å². The molecule has 1 N–H and O–H groups in total. The largest absolute Gasteiger partial charge is 0.481 e. The molecule has 0 bridgehead atoms. The van der Waals surface area contributed by atoms with Crippen LogP contribution < -0.4 is 4.90 Å². The molecule has 0 atom stereocenters. The van der Waals surface area contributed by atoms with Gasteiger partial charge in [-0.05, 0) is 19.1 Å². The van der Waals surface area contributed by atoms with Crippen molar-refractivity contribution in [1.29, 1.82) is 5.26 Å². The highest BCUT2D eigenvalue weighted by molar-refractivity contribution is 5.67. The fourth-order valence-corrected chi connectivity index (χ4v) is 1.30. The lowest BCUT2D eigenvalue weighted by atomic mass is 10.3. The predicted octanol–water partition coefficient (Wildman–Crippen LogP) is 1.25. The number of hydrogen-bond acceptors (Lipinski definition) is 4. The Morgan fingerprint density at radius 3 is 2.81 bits per heavy atom. The topological polar surface area (TPSA) is 77.2 Å². The molecule has 0 aliphatic heterocycles. The number of carboxylic acid groups (broad SMARTS) is 1. The Kier molecular flexibility index (Phi) is 4.28. The van der Waals surface area contributed by atoms with Crippen LogP contribution in [-0.4, -0.2) is 29.1 Å². The normalized spacial score (nSPS) is 9.50. The van der Waals surface area contributed by atoms with Gasteiger partial charge in [0.25, 0.3) is 0 Å². The van der Waals surface area contributed by atoms with Gasteiger partial charge in [-0.1, -0.05) is 0 Å². The Balaban J connectivity index is 2.71. The standard InChI is InChI=1S/C11H13N3O2/c1-2-14(6-5-11(15)16)10-4-3-9(7-12)8-13-10/h3-4,8H,2,5-6H2,1H3,(H,15,16). The van der Waals surface area contributed by atoms with Crippen molar-refractivity contribution in [3.05, 3.63) is 23.9 Å². The molecule has 0 saturated carbocycles. The summed E-state index contributed by atoms with van der Waals surface area (Å²) in [6.45, 7) is 3.04. The Bertz CT molecular complexity index is 395. The van der Waals surface area contributed by atoms with Crippen molar-refractivity contribution >= 4 is 11.8 Å². The summed E-state index contributed by atoms with van der Waals surface area (Å²) in [5, 5.41) is 17.2. The van der Waals surface area contributed by atoms with Crippen molar-refractivity contribution in [2.24, 2.45) is 0 Å². The molecular weight excluding hydrogens is 206 g/mol. The van der Waals surface area contributed by atoms with Crippen LogP contribution in [0.15, 0.2) is 18.3 Å². The summed E-state index contributed by atoms with van der Waals surface area (Å²) in [5.74, 6) is -0.130. The van der Waals surface area contributed by atoms with Crippen molar-refractivity contribution in [3.63, 3.8) is 0 Å². The summed E-state index contributed by atoms with van der Waals surface area (Å²) in [6.07, 6.45) is 1.56. The minimum absolute atomic E-state index is 0.0789. The van der Waals surface area contributed by atoms with E-state index in [4.69, 9.17) is 10.4 Å². The van der Waals surface area contributed by atoms with Crippen LogP contribution in [0.3, 0.4) is 0 Å². The Morgan fingerprint density at radius 1 is 1.62 bits per heavy atom. The van der Waals surface area contributed by atoms with E-state index in [1.807, 2.05) is 17.9 Å². The second-order valence-electron chi connectivity index (χ2n) is 3.24. The van der Waals surface area contributed by atoms with Gasteiger partial charge in [0, 0.05) is 19.3 Å². The molecule has 0 spiro atoms. The Morgan fingerprint density at radius 2 is 2.38 bits per heavy atom. The summed E-state index contributed by atoms with van der Waals surface area (Å²) in [4.78, 5) is 16.4. The molecule has 0 aromatic carbocycles. The van der Waals surface area contributed by atoms with Crippen LogP contribution in [0.2, 0.25) is 0 Å². The third-order valence-corrected chi connectivity index (χ3v) is 2.18. The van der Waals surface area contributed by atoms with Gasteiger partial charge < -0.3 is 10.0 Å². The number of nitrogens with zero attached hydrogens (tertiary/aromatic N) is 3. The molecule has 16 heavy (non-hydrogen) atoms. The molecule has 0 aliphatic carbocycles. The number of carboxylic acids is 1. The molecular formula is C11H13N3O2. The lowest BCUT2D eigenvalue weighted by Gasteiger charge is -2.20. The van der Waals surface area contributed by atoms with Crippen LogP contribution in [0.4, 0.5) is 5.82 Å². The van der Waals surface area contributed by atoms with E-state index in [-0.39, 0.29) is 6.42 Å². The zero-order chi connectivity index (χ0) is 12.0. The summed E-state index contributed by atoms with van der Waals surface area (Å²) in [7, 11) is 0. The Labute approximate surface area is 93.9 Å². The zero-order valence-corrected chi connectivity index (χ0v) is 9.05. The van der Waals surface area contributed by atoms with Crippen LogP contribution in [0.1, 0.15) is 18.9 Å². The van der Waals surface area contributed by atoms with Crippen LogP contribution in [0.25, 0.3) is 0 Å². The second-order valence-corrected chi connectivity index (χ2v) is 3.24. The van der Waals surface area contributed by atoms with E-state index < -0.39 is 5.97 Å². The minimum atomic E-state index is -0.827. The maximum absolute atomic E-state index is 10.5. The quantitative estimate of drug-likeness (QED) is 0.806. The number of carbonyl (C=O) groups is 1. The predicted molar refractivity (Wildman–Crippen MR) is 59.1 cm³/mol. The number of anilines is 1. The van der Waals surface area contributed by atoms with Gasteiger partial charge in [0.05, 0.1) is 12.0 Å². The van der Waals surface area contributed by atoms with Crippen LogP contribution in [0, 0.1) is 11.3 Å². The molecule has 84 valence electrons. The third-order valence-electron chi connectivity index (χ3n) is 2.18. The third kappa shape index (κ3) is 3.24. The highest BCUT2D eigenvalue weighted by Crippen LogP contribution is 2.11. The molecule has 1 aromatic rings. The van der Waals surface area contributed by atoms with Gasteiger partial charge >= 0.3 is 5.97 Å². The highest BCUT2D eigenvalue weighted by Gasteiger charge is 2.07. The molecule has 1 aromatic heterocycles. The minimum Gasteiger partial charge on any atom is -0.481 e. The summed E-state index contributed by atoms with van der Waals surface area (Å²) >= 11 is 0. The molecule has 0 fully saturated rings. The SMILES string of the molecule is CCN(CCC(=O)O)c1ccc(C#N)cn1. The molecule has 1 rings (SSSR count). The first kappa shape index (κ1) is 12.0. The van der Waals surface area contributed by atoms with Gasteiger partial charge in [-0.25, -0.2) is 4.98 Å². The number of hydrogen-bond donors (Lipinski definition) is 1. The molecule has 5 nitrogen and oxygen atoms in total. The van der Waals surface area contributed by atoms with Crippen molar-refractivity contribution < 1.29 is 9.90 Å². The molecule has 0 unspecified atom stereocenters. The summed E-state index contributed by atoms with van der Waals surface area (Å²) in [5.41, 5.74) is 0.498. The first-order valence-electron chi connectivity index (χ1n) is 5.00. The zero-order valence-electron chi connectivity index (χ0n) is 9.05. The first-order chi connectivity index (χ1) is 7.67.